The van der Waals surface area contributed by atoms with Crippen molar-refractivity contribution in [3.05, 3.63) is 44.8 Å². The van der Waals surface area contributed by atoms with E-state index < -0.39 is 5.97 Å². The van der Waals surface area contributed by atoms with Gasteiger partial charge in [0.2, 0.25) is 5.76 Å². The molecule has 1 aromatic heterocycles. The number of hydrogen-bond acceptors (Lipinski definition) is 5. The van der Waals surface area contributed by atoms with Crippen LogP contribution >= 0.6 is 27.5 Å². The predicted octanol–water partition coefficient (Wildman–Crippen LogP) is 4.49. The number of ether oxygens (including phenoxy) is 2. The van der Waals surface area contributed by atoms with Gasteiger partial charge in [-0.05, 0) is 41.9 Å². The number of benzene rings is 1. The Bertz CT molecular complexity index is 764. The third kappa shape index (κ3) is 3.43. The van der Waals surface area contributed by atoms with E-state index in [-0.39, 0.29) is 22.3 Å². The van der Waals surface area contributed by atoms with E-state index in [4.69, 9.17) is 30.8 Å². The van der Waals surface area contributed by atoms with Crippen LogP contribution in [0.3, 0.4) is 0 Å². The fourth-order valence-electron chi connectivity index (χ4n) is 1.78. The summed E-state index contributed by atoms with van der Waals surface area (Å²) in [7, 11) is 0. The molecule has 7 heteroatoms. The molecule has 0 amide bonds. The highest BCUT2D eigenvalue weighted by atomic mass is 79.9. The molecule has 1 aromatic carbocycles. The maximum absolute atomic E-state index is 12.2. The molecule has 5 nitrogen and oxygen atoms in total. The highest BCUT2D eigenvalue weighted by Gasteiger charge is 2.22. The third-order valence-electron chi connectivity index (χ3n) is 2.71. The van der Waals surface area contributed by atoms with Gasteiger partial charge in [0.05, 0.1) is 23.3 Å². The number of rotatable bonds is 4. The molecule has 0 aliphatic carbocycles. The number of carbonyl (C=O) groups excluding carboxylic acids is 1. The van der Waals surface area contributed by atoms with Gasteiger partial charge in [-0.3, -0.25) is 0 Å². The molecule has 0 aliphatic heterocycles. The first-order chi connectivity index (χ1) is 10.5. The molecule has 22 heavy (non-hydrogen) atoms. The minimum atomic E-state index is -0.698. The molecule has 0 spiro atoms. The number of halogens is 2. The van der Waals surface area contributed by atoms with Crippen LogP contribution in [0, 0.1) is 18.3 Å². The lowest BCUT2D eigenvalue weighted by Gasteiger charge is -2.12. The number of nitriles is 1. The Labute approximate surface area is 140 Å². The first kappa shape index (κ1) is 16.4. The lowest BCUT2D eigenvalue weighted by atomic mass is 10.2. The Morgan fingerprint density at radius 1 is 1.45 bits per heavy atom. The Morgan fingerprint density at radius 2 is 2.18 bits per heavy atom. The van der Waals surface area contributed by atoms with Gasteiger partial charge in [-0.25, -0.2) is 4.79 Å². The summed E-state index contributed by atoms with van der Waals surface area (Å²) in [4.78, 5) is 12.2. The predicted molar refractivity (Wildman–Crippen MR) is 83.4 cm³/mol. The largest absolute Gasteiger partial charge is 0.490 e. The quantitative estimate of drug-likeness (QED) is 0.573. The molecule has 0 saturated carbocycles. The van der Waals surface area contributed by atoms with Gasteiger partial charge in [-0.2, -0.15) is 5.26 Å². The summed E-state index contributed by atoms with van der Waals surface area (Å²) < 4.78 is 16.3. The molecule has 0 bridgehead atoms. The van der Waals surface area contributed by atoms with Crippen molar-refractivity contribution in [3.63, 3.8) is 0 Å². The van der Waals surface area contributed by atoms with Crippen molar-refractivity contribution < 1.29 is 18.7 Å². The summed E-state index contributed by atoms with van der Waals surface area (Å²) in [6.07, 6.45) is 0. The zero-order chi connectivity index (χ0) is 16.3. The van der Waals surface area contributed by atoms with Crippen LogP contribution in [0.4, 0.5) is 0 Å². The highest BCUT2D eigenvalue weighted by molar-refractivity contribution is 9.10. The minimum Gasteiger partial charge on any atom is -0.490 e. The van der Waals surface area contributed by atoms with Crippen molar-refractivity contribution in [2.24, 2.45) is 0 Å². The van der Waals surface area contributed by atoms with Gasteiger partial charge in [0.1, 0.15) is 0 Å². The number of esters is 1. The zero-order valence-electron chi connectivity index (χ0n) is 11.8. The maximum Gasteiger partial charge on any atom is 0.380 e. The lowest BCUT2D eigenvalue weighted by molar-refractivity contribution is 0.0692. The highest BCUT2D eigenvalue weighted by Crippen LogP contribution is 2.37. The first-order valence-electron chi connectivity index (χ1n) is 6.30. The topological polar surface area (TPSA) is 72.5 Å². The van der Waals surface area contributed by atoms with Crippen LogP contribution in [0.2, 0.25) is 5.02 Å². The summed E-state index contributed by atoms with van der Waals surface area (Å²) in [5.41, 5.74) is 0.935. The second-order valence-electron chi connectivity index (χ2n) is 4.28. The standard InChI is InChI=1S/C15H11BrClNO4/c1-3-20-11-6-9(7-18)5-10(17)14(11)22-15(19)13-8(2)4-12(16)21-13/h4-6H,3H2,1-2H3. The van der Waals surface area contributed by atoms with Gasteiger partial charge in [-0.1, -0.05) is 11.6 Å². The van der Waals surface area contributed by atoms with Gasteiger partial charge >= 0.3 is 5.97 Å². The third-order valence-corrected chi connectivity index (χ3v) is 3.38. The van der Waals surface area contributed by atoms with E-state index >= 15 is 0 Å². The summed E-state index contributed by atoms with van der Waals surface area (Å²) in [5.74, 6) is -0.354. The van der Waals surface area contributed by atoms with Crippen LogP contribution in [0.25, 0.3) is 0 Å². The normalized spacial score (nSPS) is 10.1. The van der Waals surface area contributed by atoms with E-state index in [1.807, 2.05) is 6.07 Å². The molecule has 0 radical (unpaired) electrons. The van der Waals surface area contributed by atoms with Crippen molar-refractivity contribution in [2.75, 3.05) is 6.61 Å². The van der Waals surface area contributed by atoms with Gasteiger partial charge in [0, 0.05) is 11.6 Å². The molecule has 1 heterocycles. The Balaban J connectivity index is 2.38. The molecule has 0 aliphatic rings. The molecule has 0 unspecified atom stereocenters. The van der Waals surface area contributed by atoms with Gasteiger partial charge in [0.25, 0.3) is 0 Å². The summed E-state index contributed by atoms with van der Waals surface area (Å²) >= 11 is 9.23. The van der Waals surface area contributed by atoms with E-state index in [0.717, 1.165) is 0 Å². The van der Waals surface area contributed by atoms with Crippen LogP contribution in [-0.2, 0) is 0 Å². The SMILES string of the molecule is CCOc1cc(C#N)cc(Cl)c1OC(=O)c1oc(Br)cc1C. The molecule has 0 fully saturated rings. The number of hydrogen-bond donors (Lipinski definition) is 0. The molecule has 0 atom stereocenters. The van der Waals surface area contributed by atoms with Crippen LogP contribution in [-0.4, -0.2) is 12.6 Å². The minimum absolute atomic E-state index is 0.0550. The zero-order valence-corrected chi connectivity index (χ0v) is 14.1. The molecule has 2 aromatic rings. The van der Waals surface area contributed by atoms with Crippen molar-refractivity contribution in [3.8, 4) is 17.6 Å². The number of furan rings is 1. The second-order valence-corrected chi connectivity index (χ2v) is 5.47. The monoisotopic (exact) mass is 383 g/mol. The van der Waals surface area contributed by atoms with Gasteiger partial charge in [-0.15, -0.1) is 0 Å². The smallest absolute Gasteiger partial charge is 0.380 e. The number of aryl methyl sites for hydroxylation is 1. The Kier molecular flexibility index (Phi) is 5.11. The fraction of sp³-hybridized carbons (Fsp3) is 0.200. The maximum atomic E-state index is 12.2. The van der Waals surface area contributed by atoms with Crippen LogP contribution in [0.5, 0.6) is 11.5 Å². The van der Waals surface area contributed by atoms with Gasteiger partial charge < -0.3 is 13.9 Å². The second kappa shape index (κ2) is 6.86. The molecule has 2 rings (SSSR count). The van der Waals surface area contributed by atoms with E-state index in [1.54, 1.807) is 19.9 Å². The lowest BCUT2D eigenvalue weighted by Crippen LogP contribution is -2.10. The molecule has 0 saturated heterocycles. The van der Waals surface area contributed by atoms with Crippen LogP contribution in [0.1, 0.15) is 28.6 Å². The van der Waals surface area contributed by atoms with E-state index in [1.165, 1.54) is 12.1 Å². The van der Waals surface area contributed by atoms with E-state index in [2.05, 4.69) is 15.9 Å². The Hall–Kier alpha value is -1.97. The molecular formula is C15H11BrClNO4. The number of nitrogens with zero attached hydrogens (tertiary/aromatic N) is 1. The Morgan fingerprint density at radius 3 is 2.73 bits per heavy atom. The summed E-state index contributed by atoms with van der Waals surface area (Å²) in [5, 5.41) is 9.06. The van der Waals surface area contributed by atoms with Crippen molar-refractivity contribution in [2.45, 2.75) is 13.8 Å². The van der Waals surface area contributed by atoms with Crippen molar-refractivity contribution in [1.29, 1.82) is 5.26 Å². The van der Waals surface area contributed by atoms with Gasteiger partial charge in [0.15, 0.2) is 16.2 Å². The molecular weight excluding hydrogens is 374 g/mol. The van der Waals surface area contributed by atoms with Crippen LogP contribution < -0.4 is 9.47 Å². The molecule has 0 N–H and O–H groups in total. The first-order valence-corrected chi connectivity index (χ1v) is 7.48. The average Bonchev–Trinajstić information content (AvgIpc) is 2.81. The summed E-state index contributed by atoms with van der Waals surface area (Å²) in [6, 6.07) is 6.48. The van der Waals surface area contributed by atoms with E-state index in [9.17, 15) is 4.79 Å². The summed E-state index contributed by atoms with van der Waals surface area (Å²) in [6.45, 7) is 3.82. The molecule has 114 valence electrons. The van der Waals surface area contributed by atoms with Crippen LogP contribution in [0.15, 0.2) is 27.3 Å². The average molecular weight is 385 g/mol. The van der Waals surface area contributed by atoms with E-state index in [0.29, 0.717) is 22.4 Å². The van der Waals surface area contributed by atoms with Crippen molar-refractivity contribution >= 4 is 33.5 Å². The fourth-order valence-corrected chi connectivity index (χ4v) is 2.53. The van der Waals surface area contributed by atoms with Crippen molar-refractivity contribution in [1.82, 2.24) is 0 Å². The number of carbonyl (C=O) groups is 1.